The van der Waals surface area contributed by atoms with E-state index < -0.39 is 30.1 Å². The quantitative estimate of drug-likeness (QED) is 0.728. The molecule has 0 unspecified atom stereocenters. The molecular weight excluding hydrogens is 367 g/mol. The van der Waals surface area contributed by atoms with Crippen LogP contribution in [0.25, 0.3) is 0 Å². The molecule has 2 rings (SSSR count). The maximum absolute atomic E-state index is 12.6. The van der Waals surface area contributed by atoms with Gasteiger partial charge in [-0.3, -0.25) is 19.2 Å². The highest BCUT2D eigenvalue weighted by Gasteiger charge is 2.41. The number of carbonyl (C=O) groups is 2. The number of nitrogens with two attached hydrogens (primary N) is 1. The zero-order valence-electron chi connectivity index (χ0n) is 14.8. The summed E-state index contributed by atoms with van der Waals surface area (Å²) in [4.78, 5) is 24.5. The number of nitrogens with zero attached hydrogens (tertiary/aromatic N) is 4. The number of hydrogen-bond donors (Lipinski definition) is 1. The van der Waals surface area contributed by atoms with Crippen molar-refractivity contribution < 1.29 is 27.5 Å². The lowest BCUT2D eigenvalue weighted by Crippen LogP contribution is -2.48. The number of aromatic nitrogens is 2. The van der Waals surface area contributed by atoms with Crippen molar-refractivity contribution in [2.75, 3.05) is 26.7 Å². The molecule has 148 valence electrons. The third-order valence-electron chi connectivity index (χ3n) is 4.68. The summed E-state index contributed by atoms with van der Waals surface area (Å²) in [6.07, 6.45) is -2.72. The zero-order chi connectivity index (χ0) is 20.2. The summed E-state index contributed by atoms with van der Waals surface area (Å²) in [6.45, 7) is -0.770. The third-order valence-corrected chi connectivity index (χ3v) is 4.68. The summed E-state index contributed by atoms with van der Waals surface area (Å²) >= 11 is 0. The summed E-state index contributed by atoms with van der Waals surface area (Å²) in [5.41, 5.74) is 4.61. The van der Waals surface area contributed by atoms with Gasteiger partial charge in [0.05, 0.1) is 49.4 Å². The average Bonchev–Trinajstić information content (AvgIpc) is 3.00. The van der Waals surface area contributed by atoms with Gasteiger partial charge in [0, 0.05) is 19.3 Å². The highest BCUT2D eigenvalue weighted by molar-refractivity contribution is 5.94. The van der Waals surface area contributed by atoms with Gasteiger partial charge in [-0.1, -0.05) is 0 Å². The van der Waals surface area contributed by atoms with Crippen molar-refractivity contribution in [1.29, 1.82) is 5.26 Å². The maximum Gasteiger partial charge on any atom is 0.401 e. The number of methoxy groups -OCH3 is 1. The van der Waals surface area contributed by atoms with E-state index >= 15 is 0 Å². The number of halogens is 3. The minimum atomic E-state index is -4.30. The third kappa shape index (κ3) is 4.97. The second-order valence-corrected chi connectivity index (χ2v) is 6.50. The normalized spacial score (nSPS) is 17.3. The van der Waals surface area contributed by atoms with Crippen molar-refractivity contribution in [3.8, 4) is 6.07 Å². The molecule has 0 aliphatic carbocycles. The molecule has 1 aromatic rings. The fourth-order valence-electron chi connectivity index (χ4n) is 3.21. The first-order chi connectivity index (χ1) is 12.6. The van der Waals surface area contributed by atoms with Crippen molar-refractivity contribution in [3.63, 3.8) is 0 Å². The lowest BCUT2D eigenvalue weighted by molar-refractivity contribution is -0.150. The molecule has 0 saturated carbocycles. The van der Waals surface area contributed by atoms with Gasteiger partial charge in [0.2, 0.25) is 0 Å². The van der Waals surface area contributed by atoms with Gasteiger partial charge in [0.1, 0.15) is 0 Å². The van der Waals surface area contributed by atoms with Gasteiger partial charge in [-0.2, -0.15) is 23.5 Å². The van der Waals surface area contributed by atoms with Crippen LogP contribution in [0.4, 0.5) is 13.2 Å². The van der Waals surface area contributed by atoms with Crippen LogP contribution in [0.2, 0.25) is 0 Å². The van der Waals surface area contributed by atoms with Gasteiger partial charge in [0.15, 0.2) is 0 Å². The highest BCUT2D eigenvalue weighted by atomic mass is 19.4. The summed E-state index contributed by atoms with van der Waals surface area (Å²) in [5, 5.41) is 13.5. The standard InChI is InChI=1S/C16H20F3N5O3/c1-27-13(25)8-12-11(14(21)26)9-24(22-12)15(2-5-20)3-6-23(7-4-15)10-16(17,18)19/h9H,2-4,6-8,10H2,1H3,(H2,21,26). The molecule has 2 N–H and O–H groups in total. The zero-order valence-corrected chi connectivity index (χ0v) is 14.8. The molecule has 8 nitrogen and oxygen atoms in total. The minimum Gasteiger partial charge on any atom is -0.469 e. The Kier molecular flexibility index (Phi) is 6.10. The van der Waals surface area contributed by atoms with Crippen LogP contribution in [-0.4, -0.2) is 59.5 Å². The molecule has 0 radical (unpaired) electrons. The predicted octanol–water partition coefficient (Wildman–Crippen LogP) is 0.965. The molecule has 11 heteroatoms. The summed E-state index contributed by atoms with van der Waals surface area (Å²) < 4.78 is 43.8. The monoisotopic (exact) mass is 387 g/mol. The molecule has 0 aromatic carbocycles. The molecule has 27 heavy (non-hydrogen) atoms. The van der Waals surface area contributed by atoms with Gasteiger partial charge in [-0.05, 0) is 12.8 Å². The molecule has 1 aliphatic heterocycles. The van der Waals surface area contributed by atoms with Gasteiger partial charge < -0.3 is 10.5 Å². The van der Waals surface area contributed by atoms with Gasteiger partial charge in [0.25, 0.3) is 5.91 Å². The van der Waals surface area contributed by atoms with Crippen molar-refractivity contribution in [3.05, 3.63) is 17.5 Å². The summed E-state index contributed by atoms with van der Waals surface area (Å²) in [6, 6.07) is 2.04. The van der Waals surface area contributed by atoms with E-state index in [2.05, 4.69) is 9.84 Å². The predicted molar refractivity (Wildman–Crippen MR) is 86.4 cm³/mol. The number of esters is 1. The molecule has 0 spiro atoms. The van der Waals surface area contributed by atoms with Crippen LogP contribution in [0.5, 0.6) is 0 Å². The van der Waals surface area contributed by atoms with Crippen LogP contribution >= 0.6 is 0 Å². The fraction of sp³-hybridized carbons (Fsp3) is 0.625. The highest BCUT2D eigenvalue weighted by Crippen LogP contribution is 2.34. The Morgan fingerprint density at radius 1 is 1.41 bits per heavy atom. The van der Waals surface area contributed by atoms with Gasteiger partial charge >= 0.3 is 12.1 Å². The van der Waals surface area contributed by atoms with Crippen molar-refractivity contribution in [2.45, 2.75) is 37.4 Å². The fourth-order valence-corrected chi connectivity index (χ4v) is 3.21. The molecule has 1 aromatic heterocycles. The minimum absolute atomic E-state index is 0.00437. The van der Waals surface area contributed by atoms with Crippen LogP contribution in [0.3, 0.4) is 0 Å². The van der Waals surface area contributed by atoms with E-state index in [-0.39, 0.29) is 50.0 Å². The molecule has 1 amide bonds. The summed E-state index contributed by atoms with van der Waals surface area (Å²) in [5.74, 6) is -1.40. The molecule has 1 fully saturated rings. The smallest absolute Gasteiger partial charge is 0.401 e. The maximum atomic E-state index is 12.6. The number of piperidine rings is 1. The number of alkyl halides is 3. The van der Waals surface area contributed by atoms with E-state index in [0.29, 0.717) is 0 Å². The van der Waals surface area contributed by atoms with E-state index in [0.717, 1.165) is 0 Å². The Bertz CT molecular complexity index is 745. The van der Waals surface area contributed by atoms with Crippen LogP contribution < -0.4 is 5.73 Å². The molecule has 2 heterocycles. The molecule has 1 saturated heterocycles. The Morgan fingerprint density at radius 3 is 2.52 bits per heavy atom. The lowest BCUT2D eigenvalue weighted by Gasteiger charge is -2.41. The van der Waals surface area contributed by atoms with Crippen LogP contribution in [0.1, 0.15) is 35.3 Å². The number of carbonyl (C=O) groups excluding carboxylic acids is 2. The molecule has 0 bridgehead atoms. The van der Waals surface area contributed by atoms with Crippen molar-refractivity contribution in [2.24, 2.45) is 5.73 Å². The van der Waals surface area contributed by atoms with Crippen LogP contribution in [0.15, 0.2) is 6.20 Å². The number of amides is 1. The first-order valence-corrected chi connectivity index (χ1v) is 8.22. The largest absolute Gasteiger partial charge is 0.469 e. The van der Waals surface area contributed by atoms with Crippen molar-refractivity contribution >= 4 is 11.9 Å². The molecule has 1 aliphatic rings. The van der Waals surface area contributed by atoms with E-state index in [1.165, 1.54) is 22.9 Å². The molecule has 0 atom stereocenters. The SMILES string of the molecule is COC(=O)Cc1nn(C2(CC#N)CCN(CC(F)(F)F)CC2)cc1C(N)=O. The van der Waals surface area contributed by atoms with Crippen molar-refractivity contribution in [1.82, 2.24) is 14.7 Å². The Hall–Kier alpha value is -2.61. The second kappa shape index (κ2) is 7.96. The number of ether oxygens (including phenoxy) is 1. The Labute approximate surface area is 153 Å². The second-order valence-electron chi connectivity index (χ2n) is 6.50. The van der Waals surface area contributed by atoms with Crippen LogP contribution in [0, 0.1) is 11.3 Å². The first kappa shape index (κ1) is 20.7. The Balaban J connectivity index is 2.29. The van der Waals surface area contributed by atoms with E-state index in [9.17, 15) is 28.0 Å². The van der Waals surface area contributed by atoms with E-state index in [1.807, 2.05) is 6.07 Å². The first-order valence-electron chi connectivity index (χ1n) is 8.22. The van der Waals surface area contributed by atoms with Gasteiger partial charge in [-0.25, -0.2) is 0 Å². The number of hydrogen-bond acceptors (Lipinski definition) is 6. The number of likely N-dealkylation sites (tertiary alicyclic amines) is 1. The summed E-state index contributed by atoms with van der Waals surface area (Å²) in [7, 11) is 1.19. The topological polar surface area (TPSA) is 114 Å². The number of primary amides is 1. The average molecular weight is 387 g/mol. The van der Waals surface area contributed by atoms with E-state index in [4.69, 9.17) is 5.73 Å². The molecular formula is C16H20F3N5O3. The lowest BCUT2D eigenvalue weighted by atomic mass is 9.85. The Morgan fingerprint density at radius 2 is 2.04 bits per heavy atom. The van der Waals surface area contributed by atoms with Crippen LogP contribution in [-0.2, 0) is 21.5 Å². The number of nitriles is 1. The van der Waals surface area contributed by atoms with Gasteiger partial charge in [-0.15, -0.1) is 0 Å². The van der Waals surface area contributed by atoms with E-state index in [1.54, 1.807) is 0 Å². The number of rotatable bonds is 6.